The highest BCUT2D eigenvalue weighted by Crippen LogP contribution is 2.30. The van der Waals surface area contributed by atoms with E-state index in [9.17, 15) is 0 Å². The molecule has 2 saturated heterocycles. The van der Waals surface area contributed by atoms with Crippen molar-refractivity contribution in [2.24, 2.45) is 0 Å². The number of aromatic nitrogens is 4. The fourth-order valence-electron chi connectivity index (χ4n) is 4.86. The van der Waals surface area contributed by atoms with Gasteiger partial charge in [-0.15, -0.1) is 0 Å². The minimum atomic E-state index is 0.406. The Hall–Kier alpha value is -3.49. The standard InChI is InChI=1S/C17H13N5O.C10H20N2/c18-16-14-15(21-22-17(14)20-10-19-16)11-6-8-13(9-7-11)23-12-4-2-1-3-5-12;1-2-8-12(9-3-1)10-4-6-11-7-5-10/h1-10H,(H3,18,19,20,21,22);10-11H,1-9H2. The van der Waals surface area contributed by atoms with Crippen molar-refractivity contribution < 1.29 is 4.74 Å². The van der Waals surface area contributed by atoms with Gasteiger partial charge in [-0.1, -0.05) is 24.6 Å². The molecule has 0 spiro atoms. The number of piperidine rings is 2. The first-order valence-electron chi connectivity index (χ1n) is 12.5. The van der Waals surface area contributed by atoms with Gasteiger partial charge in [-0.05, 0) is 88.3 Å². The van der Waals surface area contributed by atoms with Crippen LogP contribution in [0, 0.1) is 0 Å². The number of aromatic amines is 1. The predicted octanol–water partition coefficient (Wildman–Crippen LogP) is 4.62. The van der Waals surface area contributed by atoms with Gasteiger partial charge in [-0.2, -0.15) is 5.10 Å². The van der Waals surface area contributed by atoms with Crippen LogP contribution < -0.4 is 15.8 Å². The Morgan fingerprint density at radius 3 is 2.31 bits per heavy atom. The molecule has 2 aromatic carbocycles. The van der Waals surface area contributed by atoms with Crippen LogP contribution in [0.5, 0.6) is 11.5 Å². The lowest BCUT2D eigenvalue weighted by Gasteiger charge is -2.36. The van der Waals surface area contributed by atoms with E-state index in [-0.39, 0.29) is 0 Å². The number of rotatable bonds is 4. The van der Waals surface area contributed by atoms with Crippen LogP contribution in [-0.4, -0.2) is 57.3 Å². The summed E-state index contributed by atoms with van der Waals surface area (Å²) in [6.07, 6.45) is 8.48. The van der Waals surface area contributed by atoms with E-state index in [1.165, 1.54) is 64.6 Å². The summed E-state index contributed by atoms with van der Waals surface area (Å²) in [4.78, 5) is 10.8. The maximum atomic E-state index is 5.94. The van der Waals surface area contributed by atoms with Gasteiger partial charge in [0.05, 0.1) is 11.1 Å². The van der Waals surface area contributed by atoms with E-state index < -0.39 is 0 Å². The van der Waals surface area contributed by atoms with Crippen LogP contribution in [0.2, 0.25) is 0 Å². The van der Waals surface area contributed by atoms with Crippen LogP contribution >= 0.6 is 0 Å². The van der Waals surface area contributed by atoms with Crippen molar-refractivity contribution in [3.05, 3.63) is 60.9 Å². The number of nitrogens with two attached hydrogens (primary N) is 1. The lowest BCUT2D eigenvalue weighted by Crippen LogP contribution is -2.45. The molecule has 4 heterocycles. The van der Waals surface area contributed by atoms with Gasteiger partial charge in [0.15, 0.2) is 5.65 Å². The molecule has 0 radical (unpaired) electrons. The molecule has 0 saturated carbocycles. The van der Waals surface area contributed by atoms with Crippen molar-refractivity contribution in [1.82, 2.24) is 30.4 Å². The monoisotopic (exact) mass is 471 g/mol. The highest BCUT2D eigenvalue weighted by atomic mass is 16.5. The second-order valence-electron chi connectivity index (χ2n) is 9.07. The number of benzene rings is 2. The third kappa shape index (κ3) is 5.78. The third-order valence-corrected chi connectivity index (χ3v) is 6.72. The maximum absolute atomic E-state index is 5.94. The van der Waals surface area contributed by atoms with E-state index in [4.69, 9.17) is 10.5 Å². The lowest BCUT2D eigenvalue weighted by molar-refractivity contribution is 0.136. The van der Waals surface area contributed by atoms with E-state index >= 15 is 0 Å². The summed E-state index contributed by atoms with van der Waals surface area (Å²) in [6.45, 7) is 5.21. The molecule has 8 heteroatoms. The number of nitrogen functional groups attached to an aromatic ring is 1. The molecule has 0 atom stereocenters. The van der Waals surface area contributed by atoms with Crippen molar-refractivity contribution in [2.75, 3.05) is 31.9 Å². The molecule has 35 heavy (non-hydrogen) atoms. The van der Waals surface area contributed by atoms with Gasteiger partial charge in [0.25, 0.3) is 0 Å². The number of nitrogens with one attached hydrogen (secondary N) is 2. The average molecular weight is 472 g/mol. The topological polar surface area (TPSA) is 105 Å². The molecule has 4 N–H and O–H groups in total. The minimum absolute atomic E-state index is 0.406. The number of H-pyrrole nitrogens is 1. The Morgan fingerprint density at radius 1 is 0.857 bits per heavy atom. The lowest BCUT2D eigenvalue weighted by atomic mass is 10.0. The second kappa shape index (κ2) is 11.3. The second-order valence-corrected chi connectivity index (χ2v) is 9.07. The van der Waals surface area contributed by atoms with Crippen molar-refractivity contribution in [1.29, 1.82) is 0 Å². The van der Waals surface area contributed by atoms with E-state index in [1.807, 2.05) is 54.6 Å². The Kier molecular flexibility index (Phi) is 7.50. The summed E-state index contributed by atoms with van der Waals surface area (Å²) in [5.41, 5.74) is 8.22. The highest BCUT2D eigenvalue weighted by molar-refractivity contribution is 5.97. The van der Waals surface area contributed by atoms with Crippen LogP contribution in [0.4, 0.5) is 5.82 Å². The summed E-state index contributed by atoms with van der Waals surface area (Å²) in [5.74, 6) is 1.96. The zero-order chi connectivity index (χ0) is 23.9. The van der Waals surface area contributed by atoms with Crippen LogP contribution in [0.3, 0.4) is 0 Å². The van der Waals surface area contributed by atoms with Gasteiger partial charge >= 0.3 is 0 Å². The van der Waals surface area contributed by atoms with Gasteiger partial charge in [-0.25, -0.2) is 9.97 Å². The average Bonchev–Trinajstić information content (AvgIpc) is 3.37. The maximum Gasteiger partial charge on any atom is 0.186 e. The molecule has 2 aliphatic rings. The highest BCUT2D eigenvalue weighted by Gasteiger charge is 2.21. The number of hydrogen-bond donors (Lipinski definition) is 3. The van der Waals surface area contributed by atoms with Crippen molar-refractivity contribution >= 4 is 16.9 Å². The first kappa shape index (κ1) is 23.3. The van der Waals surface area contributed by atoms with E-state index in [0.29, 0.717) is 11.5 Å². The quantitative estimate of drug-likeness (QED) is 0.399. The van der Waals surface area contributed by atoms with Crippen molar-refractivity contribution in [2.45, 2.75) is 38.1 Å². The molecule has 182 valence electrons. The first-order chi connectivity index (χ1) is 17.3. The van der Waals surface area contributed by atoms with Crippen molar-refractivity contribution in [3.63, 3.8) is 0 Å². The number of ether oxygens (including phenoxy) is 1. The molecule has 6 rings (SSSR count). The number of nitrogens with zero attached hydrogens (tertiary/aromatic N) is 4. The van der Waals surface area contributed by atoms with Gasteiger partial charge in [-0.3, -0.25) is 5.10 Å². The van der Waals surface area contributed by atoms with E-state index in [2.05, 4.69) is 30.4 Å². The molecule has 4 aromatic rings. The number of hydrogen-bond acceptors (Lipinski definition) is 7. The van der Waals surface area contributed by atoms with Crippen LogP contribution in [0.1, 0.15) is 32.1 Å². The third-order valence-electron chi connectivity index (χ3n) is 6.72. The smallest absolute Gasteiger partial charge is 0.186 e. The molecule has 2 fully saturated rings. The molecule has 0 amide bonds. The molecular formula is C27H33N7O. The number of fused-ring (bicyclic) bond motifs is 1. The molecule has 2 aromatic heterocycles. The molecule has 0 unspecified atom stereocenters. The van der Waals surface area contributed by atoms with Crippen molar-refractivity contribution in [3.8, 4) is 22.8 Å². The van der Waals surface area contributed by atoms with Gasteiger partial charge in [0.2, 0.25) is 0 Å². The zero-order valence-corrected chi connectivity index (χ0v) is 20.0. The first-order valence-corrected chi connectivity index (χ1v) is 12.5. The number of anilines is 1. The Morgan fingerprint density at radius 2 is 1.57 bits per heavy atom. The van der Waals surface area contributed by atoms with E-state index in [1.54, 1.807) is 0 Å². The summed E-state index contributed by atoms with van der Waals surface area (Å²) in [6, 6.07) is 18.2. The number of likely N-dealkylation sites (tertiary alicyclic amines) is 1. The molecular weight excluding hydrogens is 438 g/mol. The summed E-state index contributed by atoms with van der Waals surface area (Å²) in [5, 5.41) is 11.3. The van der Waals surface area contributed by atoms with Crippen LogP contribution in [-0.2, 0) is 0 Å². The summed E-state index contributed by atoms with van der Waals surface area (Å²) in [7, 11) is 0. The molecule has 2 aliphatic heterocycles. The van der Waals surface area contributed by atoms with Crippen LogP contribution in [0.15, 0.2) is 60.9 Å². The Balaban J connectivity index is 0.000000178. The summed E-state index contributed by atoms with van der Waals surface area (Å²) < 4.78 is 5.79. The van der Waals surface area contributed by atoms with E-state index in [0.717, 1.165) is 34.2 Å². The fraction of sp³-hybridized carbons (Fsp3) is 0.370. The number of para-hydroxylation sites is 1. The normalized spacial score (nSPS) is 17.0. The Labute approximate surface area is 205 Å². The molecule has 0 bridgehead atoms. The molecule has 8 nitrogen and oxygen atoms in total. The zero-order valence-electron chi connectivity index (χ0n) is 20.0. The van der Waals surface area contributed by atoms with Gasteiger partial charge in [0.1, 0.15) is 23.6 Å². The van der Waals surface area contributed by atoms with Gasteiger partial charge < -0.3 is 20.7 Å². The molecule has 0 aliphatic carbocycles. The van der Waals surface area contributed by atoms with Gasteiger partial charge in [0, 0.05) is 11.6 Å². The Bertz CT molecular complexity index is 1180. The summed E-state index contributed by atoms with van der Waals surface area (Å²) >= 11 is 0. The predicted molar refractivity (Wildman–Crippen MR) is 139 cm³/mol. The fourth-order valence-corrected chi connectivity index (χ4v) is 4.86. The minimum Gasteiger partial charge on any atom is -0.457 e. The SMILES string of the molecule is C1CCN(C2CCNCC2)CC1.Nc1ncnc2n[nH]c(-c3ccc(Oc4ccccc4)cc3)c12. The van der Waals surface area contributed by atoms with Crippen LogP contribution in [0.25, 0.3) is 22.3 Å². The largest absolute Gasteiger partial charge is 0.457 e.